The number of rotatable bonds is 4. The van der Waals surface area contributed by atoms with Crippen molar-refractivity contribution in [3.63, 3.8) is 0 Å². The first-order chi connectivity index (χ1) is 5.24. The molecule has 2 heteroatoms. The minimum absolute atomic E-state index is 0.0632. The van der Waals surface area contributed by atoms with Gasteiger partial charge in [0.05, 0.1) is 18.5 Å². The Morgan fingerprint density at radius 2 is 2.27 bits per heavy atom. The van der Waals surface area contributed by atoms with Crippen LogP contribution in [-0.4, -0.2) is 12.1 Å². The molecular weight excluding hydrogens is 136 g/mol. The van der Waals surface area contributed by atoms with Crippen molar-refractivity contribution < 1.29 is 0 Å². The van der Waals surface area contributed by atoms with Crippen molar-refractivity contribution in [1.29, 1.82) is 5.26 Å². The second kappa shape index (κ2) is 5.77. The molecule has 0 aromatic rings. The fourth-order valence-electron chi connectivity index (χ4n) is 0.833. The average molecular weight is 150 g/mol. The molecule has 0 radical (unpaired) electrons. The van der Waals surface area contributed by atoms with Crippen LogP contribution in [0.1, 0.15) is 26.7 Å². The molecular formula is C9H14N2. The molecule has 0 fully saturated rings. The van der Waals surface area contributed by atoms with Crippen LogP contribution in [0.4, 0.5) is 0 Å². The molecule has 2 atom stereocenters. The van der Waals surface area contributed by atoms with Gasteiger partial charge in [-0.2, -0.15) is 5.26 Å². The standard InChI is InChI=1S/C9H14N2/c1-4-8(3)11-9(5-2)6-7-10/h1,8-9,11H,5-6H2,2-3H3. The molecule has 0 aromatic heterocycles. The lowest BCUT2D eigenvalue weighted by Crippen LogP contribution is -2.34. The monoisotopic (exact) mass is 150 g/mol. The second-order valence-electron chi connectivity index (χ2n) is 2.52. The van der Waals surface area contributed by atoms with Gasteiger partial charge in [0.25, 0.3) is 0 Å². The van der Waals surface area contributed by atoms with Crippen molar-refractivity contribution >= 4 is 0 Å². The maximum Gasteiger partial charge on any atom is 0.0660 e. The summed E-state index contributed by atoms with van der Waals surface area (Å²) in [7, 11) is 0. The summed E-state index contributed by atoms with van der Waals surface area (Å²) >= 11 is 0. The van der Waals surface area contributed by atoms with Crippen molar-refractivity contribution in [2.75, 3.05) is 0 Å². The van der Waals surface area contributed by atoms with Crippen LogP contribution in [0, 0.1) is 23.7 Å². The SMILES string of the molecule is C#CC(C)NC(CC)CC#N. The largest absolute Gasteiger partial charge is 0.300 e. The van der Waals surface area contributed by atoms with Crippen molar-refractivity contribution in [2.24, 2.45) is 0 Å². The first kappa shape index (κ1) is 10.0. The van der Waals surface area contributed by atoms with E-state index in [1.807, 2.05) is 13.8 Å². The highest BCUT2D eigenvalue weighted by atomic mass is 14.9. The predicted octanol–water partition coefficient (Wildman–Crippen LogP) is 1.29. The summed E-state index contributed by atoms with van der Waals surface area (Å²) in [6.45, 7) is 3.96. The van der Waals surface area contributed by atoms with E-state index in [0.717, 1.165) is 6.42 Å². The molecule has 0 heterocycles. The van der Waals surface area contributed by atoms with E-state index in [1.54, 1.807) is 0 Å². The van der Waals surface area contributed by atoms with Gasteiger partial charge in [0.2, 0.25) is 0 Å². The summed E-state index contributed by atoms with van der Waals surface area (Å²) in [6.07, 6.45) is 6.65. The van der Waals surface area contributed by atoms with Crippen molar-refractivity contribution in [3.05, 3.63) is 0 Å². The van der Waals surface area contributed by atoms with Crippen LogP contribution in [-0.2, 0) is 0 Å². The molecule has 0 aliphatic heterocycles. The second-order valence-corrected chi connectivity index (χ2v) is 2.52. The van der Waals surface area contributed by atoms with E-state index in [-0.39, 0.29) is 12.1 Å². The fourth-order valence-corrected chi connectivity index (χ4v) is 0.833. The lowest BCUT2D eigenvalue weighted by atomic mass is 10.1. The summed E-state index contributed by atoms with van der Waals surface area (Å²) in [5.41, 5.74) is 0. The molecule has 0 spiro atoms. The van der Waals surface area contributed by atoms with E-state index < -0.39 is 0 Å². The third-order valence-corrected chi connectivity index (χ3v) is 1.57. The van der Waals surface area contributed by atoms with Crippen LogP contribution in [0.15, 0.2) is 0 Å². The Morgan fingerprint density at radius 3 is 2.64 bits per heavy atom. The summed E-state index contributed by atoms with van der Waals surface area (Å²) in [6, 6.07) is 2.42. The van der Waals surface area contributed by atoms with Crippen LogP contribution < -0.4 is 5.32 Å². The lowest BCUT2D eigenvalue weighted by molar-refractivity contribution is 0.486. The molecule has 1 N–H and O–H groups in total. The molecule has 0 bridgehead atoms. The Kier molecular flexibility index (Phi) is 5.25. The molecule has 0 saturated carbocycles. The summed E-state index contributed by atoms with van der Waals surface area (Å²) in [5.74, 6) is 2.57. The fraction of sp³-hybridized carbons (Fsp3) is 0.667. The zero-order valence-electron chi connectivity index (χ0n) is 7.09. The summed E-state index contributed by atoms with van der Waals surface area (Å²) in [4.78, 5) is 0. The molecule has 0 amide bonds. The molecule has 2 unspecified atom stereocenters. The maximum absolute atomic E-state index is 8.41. The minimum atomic E-state index is 0.0632. The van der Waals surface area contributed by atoms with Crippen molar-refractivity contribution in [1.82, 2.24) is 5.32 Å². The highest BCUT2D eigenvalue weighted by Crippen LogP contribution is 1.97. The molecule has 11 heavy (non-hydrogen) atoms. The molecule has 0 aromatic carbocycles. The van der Waals surface area contributed by atoms with E-state index >= 15 is 0 Å². The van der Waals surface area contributed by atoms with Gasteiger partial charge < -0.3 is 5.32 Å². The Balaban J connectivity index is 3.72. The molecule has 0 rings (SSSR count). The molecule has 60 valence electrons. The van der Waals surface area contributed by atoms with Crippen LogP contribution in [0.5, 0.6) is 0 Å². The smallest absolute Gasteiger partial charge is 0.0660 e. The van der Waals surface area contributed by atoms with Gasteiger partial charge in [0.15, 0.2) is 0 Å². The van der Waals surface area contributed by atoms with E-state index in [2.05, 4.69) is 17.3 Å². The zero-order chi connectivity index (χ0) is 8.69. The van der Waals surface area contributed by atoms with Gasteiger partial charge >= 0.3 is 0 Å². The zero-order valence-corrected chi connectivity index (χ0v) is 7.09. The highest BCUT2D eigenvalue weighted by Gasteiger charge is 2.06. The summed E-state index contributed by atoms with van der Waals surface area (Å²) in [5, 5.41) is 11.6. The van der Waals surface area contributed by atoms with Gasteiger partial charge in [-0.15, -0.1) is 6.42 Å². The Labute approximate surface area is 68.6 Å². The first-order valence-corrected chi connectivity index (χ1v) is 3.83. The maximum atomic E-state index is 8.41. The van der Waals surface area contributed by atoms with Gasteiger partial charge in [-0.3, -0.25) is 0 Å². The van der Waals surface area contributed by atoms with Gasteiger partial charge in [-0.1, -0.05) is 12.8 Å². The number of hydrogen-bond acceptors (Lipinski definition) is 2. The van der Waals surface area contributed by atoms with E-state index in [9.17, 15) is 0 Å². The van der Waals surface area contributed by atoms with Crippen molar-refractivity contribution in [2.45, 2.75) is 38.8 Å². The number of nitrogens with zero attached hydrogens (tertiary/aromatic N) is 1. The molecule has 0 aliphatic rings. The van der Waals surface area contributed by atoms with Crippen LogP contribution in [0.25, 0.3) is 0 Å². The van der Waals surface area contributed by atoms with Crippen LogP contribution in [0.2, 0.25) is 0 Å². The molecule has 2 nitrogen and oxygen atoms in total. The number of hydrogen-bond donors (Lipinski definition) is 1. The van der Waals surface area contributed by atoms with Gasteiger partial charge in [0, 0.05) is 6.04 Å². The molecule has 0 saturated heterocycles. The minimum Gasteiger partial charge on any atom is -0.300 e. The Bertz CT molecular complexity index is 173. The third kappa shape index (κ3) is 4.42. The topological polar surface area (TPSA) is 35.8 Å². The Morgan fingerprint density at radius 1 is 1.64 bits per heavy atom. The van der Waals surface area contributed by atoms with Gasteiger partial charge in [-0.25, -0.2) is 0 Å². The normalized spacial score (nSPS) is 14.5. The summed E-state index contributed by atoms with van der Waals surface area (Å²) < 4.78 is 0. The lowest BCUT2D eigenvalue weighted by Gasteiger charge is -2.15. The number of nitrogens with one attached hydrogen (secondary N) is 1. The average Bonchev–Trinajstić information content (AvgIpc) is 2.03. The van der Waals surface area contributed by atoms with Crippen LogP contribution in [0.3, 0.4) is 0 Å². The van der Waals surface area contributed by atoms with E-state index in [1.165, 1.54) is 0 Å². The number of terminal acetylenes is 1. The van der Waals surface area contributed by atoms with E-state index in [0.29, 0.717) is 6.42 Å². The van der Waals surface area contributed by atoms with Gasteiger partial charge in [0.1, 0.15) is 0 Å². The number of nitriles is 1. The highest BCUT2D eigenvalue weighted by molar-refractivity contribution is 4.97. The van der Waals surface area contributed by atoms with E-state index in [4.69, 9.17) is 11.7 Å². The predicted molar refractivity (Wildman–Crippen MR) is 45.7 cm³/mol. The van der Waals surface area contributed by atoms with Gasteiger partial charge in [-0.05, 0) is 13.3 Å². The van der Waals surface area contributed by atoms with Crippen molar-refractivity contribution in [3.8, 4) is 18.4 Å². The first-order valence-electron chi connectivity index (χ1n) is 3.83. The van der Waals surface area contributed by atoms with Crippen LogP contribution >= 0.6 is 0 Å². The quantitative estimate of drug-likeness (QED) is 0.613. The third-order valence-electron chi connectivity index (χ3n) is 1.57. The molecule has 0 aliphatic carbocycles. The Hall–Kier alpha value is -0.990.